The molecule has 0 fully saturated rings. The quantitative estimate of drug-likeness (QED) is 0.717. The normalized spacial score (nSPS) is 9.50. The van der Waals surface area contributed by atoms with E-state index in [1.807, 2.05) is 18.2 Å². The lowest BCUT2D eigenvalue weighted by Crippen LogP contribution is -1.89. The minimum absolute atomic E-state index is 0.870. The van der Waals surface area contributed by atoms with Crippen LogP contribution >= 0.6 is 15.9 Å². The van der Waals surface area contributed by atoms with Crippen molar-refractivity contribution in [2.45, 2.75) is 13.3 Å². The predicted molar refractivity (Wildman–Crippen MR) is 54.3 cm³/mol. The summed E-state index contributed by atoms with van der Waals surface area (Å²) in [5.74, 6) is 0.870. The van der Waals surface area contributed by atoms with Crippen molar-refractivity contribution in [2.75, 3.05) is 0 Å². The van der Waals surface area contributed by atoms with E-state index >= 15 is 0 Å². The Kier molecular flexibility index (Phi) is 3.35. The van der Waals surface area contributed by atoms with E-state index in [1.165, 1.54) is 11.8 Å². The summed E-state index contributed by atoms with van der Waals surface area (Å²) in [6, 6.07) is 6.00. The Labute approximate surface area is 81.2 Å². The van der Waals surface area contributed by atoms with Crippen LogP contribution in [-0.4, -0.2) is 0 Å². The SMILES string of the molecule is C=COc1c(Br)cccc1CC. The zero-order valence-electron chi connectivity index (χ0n) is 7.01. The predicted octanol–water partition coefficient (Wildman–Crippen LogP) is 3.53. The van der Waals surface area contributed by atoms with Gasteiger partial charge in [-0.2, -0.15) is 0 Å². The zero-order chi connectivity index (χ0) is 8.97. The second-order valence-corrected chi connectivity index (χ2v) is 3.22. The molecule has 0 radical (unpaired) electrons. The van der Waals surface area contributed by atoms with Gasteiger partial charge in [0.15, 0.2) is 0 Å². The van der Waals surface area contributed by atoms with Gasteiger partial charge in [-0.25, -0.2) is 0 Å². The van der Waals surface area contributed by atoms with Gasteiger partial charge in [0, 0.05) is 0 Å². The highest BCUT2D eigenvalue weighted by atomic mass is 79.9. The molecule has 12 heavy (non-hydrogen) atoms. The number of benzene rings is 1. The van der Waals surface area contributed by atoms with Crippen LogP contribution in [0.4, 0.5) is 0 Å². The van der Waals surface area contributed by atoms with Crippen molar-refractivity contribution < 1.29 is 4.74 Å². The molecule has 0 saturated heterocycles. The summed E-state index contributed by atoms with van der Waals surface area (Å²) < 4.78 is 6.25. The number of halogens is 1. The fourth-order valence-electron chi connectivity index (χ4n) is 1.05. The van der Waals surface area contributed by atoms with Gasteiger partial charge in [-0.05, 0) is 34.0 Å². The Balaban J connectivity index is 3.10. The average Bonchev–Trinajstić information content (AvgIpc) is 2.09. The lowest BCUT2D eigenvalue weighted by Gasteiger charge is -2.07. The van der Waals surface area contributed by atoms with Crippen LogP contribution in [0, 0.1) is 0 Å². The summed E-state index contributed by atoms with van der Waals surface area (Å²) in [6.07, 6.45) is 2.40. The first kappa shape index (κ1) is 9.33. The topological polar surface area (TPSA) is 9.23 Å². The summed E-state index contributed by atoms with van der Waals surface area (Å²) in [7, 11) is 0. The molecule has 0 amide bonds. The van der Waals surface area contributed by atoms with E-state index in [4.69, 9.17) is 4.74 Å². The number of ether oxygens (including phenoxy) is 1. The minimum Gasteiger partial charge on any atom is -0.464 e. The highest BCUT2D eigenvalue weighted by Gasteiger charge is 2.04. The van der Waals surface area contributed by atoms with Crippen molar-refractivity contribution in [2.24, 2.45) is 0 Å². The molecule has 0 atom stereocenters. The highest BCUT2D eigenvalue weighted by Crippen LogP contribution is 2.29. The number of rotatable bonds is 3. The summed E-state index contributed by atoms with van der Waals surface area (Å²) in [5, 5.41) is 0. The van der Waals surface area contributed by atoms with E-state index in [2.05, 4.69) is 29.4 Å². The number of hydrogen-bond donors (Lipinski definition) is 0. The van der Waals surface area contributed by atoms with Gasteiger partial charge >= 0.3 is 0 Å². The Hall–Kier alpha value is -0.760. The van der Waals surface area contributed by atoms with Crippen molar-refractivity contribution in [3.8, 4) is 5.75 Å². The fourth-order valence-corrected chi connectivity index (χ4v) is 1.55. The van der Waals surface area contributed by atoms with Crippen molar-refractivity contribution in [3.63, 3.8) is 0 Å². The standard InChI is InChI=1S/C10H11BrO/c1-3-8-6-5-7-9(11)10(8)12-4-2/h4-7H,2-3H2,1H3. The molecule has 1 rings (SSSR count). The van der Waals surface area contributed by atoms with Crippen LogP contribution < -0.4 is 4.74 Å². The molecule has 0 aliphatic rings. The fraction of sp³-hybridized carbons (Fsp3) is 0.200. The second-order valence-electron chi connectivity index (χ2n) is 2.37. The van der Waals surface area contributed by atoms with Gasteiger partial charge in [0.2, 0.25) is 0 Å². The maximum atomic E-state index is 5.28. The summed E-state index contributed by atoms with van der Waals surface area (Å²) in [4.78, 5) is 0. The van der Waals surface area contributed by atoms with E-state index in [0.717, 1.165) is 16.6 Å². The molecule has 0 heterocycles. The third kappa shape index (κ3) is 1.89. The molecule has 0 spiro atoms. The lowest BCUT2D eigenvalue weighted by atomic mass is 10.1. The Bertz CT molecular complexity index is 281. The molecule has 0 N–H and O–H groups in total. The van der Waals surface area contributed by atoms with Crippen LogP contribution in [0.2, 0.25) is 0 Å². The molecule has 0 aliphatic carbocycles. The first-order chi connectivity index (χ1) is 5.79. The Morgan fingerprint density at radius 3 is 2.92 bits per heavy atom. The Morgan fingerprint density at radius 2 is 2.33 bits per heavy atom. The van der Waals surface area contributed by atoms with Gasteiger partial charge in [-0.1, -0.05) is 25.6 Å². The van der Waals surface area contributed by atoms with Gasteiger partial charge in [-0.3, -0.25) is 0 Å². The molecular weight excluding hydrogens is 216 g/mol. The summed E-state index contributed by atoms with van der Waals surface area (Å²) in [5.41, 5.74) is 1.18. The minimum atomic E-state index is 0.870. The van der Waals surface area contributed by atoms with Crippen LogP contribution in [0.25, 0.3) is 0 Å². The first-order valence-corrected chi connectivity index (χ1v) is 4.63. The largest absolute Gasteiger partial charge is 0.464 e. The zero-order valence-corrected chi connectivity index (χ0v) is 8.60. The summed E-state index contributed by atoms with van der Waals surface area (Å²) >= 11 is 3.42. The lowest BCUT2D eigenvalue weighted by molar-refractivity contribution is 0.474. The maximum Gasteiger partial charge on any atom is 0.143 e. The van der Waals surface area contributed by atoms with Crippen LogP contribution in [-0.2, 0) is 6.42 Å². The van der Waals surface area contributed by atoms with Crippen molar-refractivity contribution in [3.05, 3.63) is 41.1 Å². The maximum absolute atomic E-state index is 5.28. The molecule has 0 unspecified atom stereocenters. The first-order valence-electron chi connectivity index (χ1n) is 3.84. The molecule has 0 aromatic heterocycles. The average molecular weight is 227 g/mol. The monoisotopic (exact) mass is 226 g/mol. The van der Waals surface area contributed by atoms with Crippen LogP contribution in [0.15, 0.2) is 35.5 Å². The highest BCUT2D eigenvalue weighted by molar-refractivity contribution is 9.10. The van der Waals surface area contributed by atoms with Gasteiger partial charge in [0.1, 0.15) is 5.75 Å². The summed E-state index contributed by atoms with van der Waals surface area (Å²) in [6.45, 7) is 5.62. The van der Waals surface area contributed by atoms with E-state index in [9.17, 15) is 0 Å². The third-order valence-electron chi connectivity index (χ3n) is 1.63. The van der Waals surface area contributed by atoms with Gasteiger partial charge < -0.3 is 4.74 Å². The molecule has 1 aromatic carbocycles. The third-order valence-corrected chi connectivity index (χ3v) is 2.26. The molecule has 0 bridgehead atoms. The molecule has 0 aliphatic heterocycles. The molecule has 0 saturated carbocycles. The Morgan fingerprint density at radius 1 is 1.58 bits per heavy atom. The van der Waals surface area contributed by atoms with E-state index in [0.29, 0.717) is 0 Å². The number of para-hydroxylation sites is 1. The van der Waals surface area contributed by atoms with Gasteiger partial charge in [0.05, 0.1) is 10.7 Å². The van der Waals surface area contributed by atoms with Crippen molar-refractivity contribution in [1.82, 2.24) is 0 Å². The number of hydrogen-bond acceptors (Lipinski definition) is 1. The molecule has 64 valence electrons. The van der Waals surface area contributed by atoms with Crippen LogP contribution in [0.5, 0.6) is 5.75 Å². The molecule has 2 heteroatoms. The van der Waals surface area contributed by atoms with E-state index < -0.39 is 0 Å². The van der Waals surface area contributed by atoms with Crippen molar-refractivity contribution in [1.29, 1.82) is 0 Å². The molecule has 1 aromatic rings. The van der Waals surface area contributed by atoms with Crippen LogP contribution in [0.1, 0.15) is 12.5 Å². The second kappa shape index (κ2) is 4.31. The van der Waals surface area contributed by atoms with Crippen LogP contribution in [0.3, 0.4) is 0 Å². The van der Waals surface area contributed by atoms with Crippen molar-refractivity contribution >= 4 is 15.9 Å². The molecular formula is C10H11BrO. The smallest absolute Gasteiger partial charge is 0.143 e. The van der Waals surface area contributed by atoms with E-state index in [-0.39, 0.29) is 0 Å². The van der Waals surface area contributed by atoms with Gasteiger partial charge in [0.25, 0.3) is 0 Å². The molecule has 1 nitrogen and oxygen atoms in total. The number of aryl methyl sites for hydroxylation is 1. The van der Waals surface area contributed by atoms with E-state index in [1.54, 1.807) is 0 Å². The van der Waals surface area contributed by atoms with Gasteiger partial charge in [-0.15, -0.1) is 0 Å².